The number of fused-ring (bicyclic) bond motifs is 3. The zero-order valence-electron chi connectivity index (χ0n) is 34.0. The van der Waals surface area contributed by atoms with Crippen LogP contribution in [0, 0.1) is 11.3 Å². The van der Waals surface area contributed by atoms with Gasteiger partial charge in [-0.1, -0.05) is 170 Å². The highest BCUT2D eigenvalue weighted by atomic mass is 16.3. The number of hydrogen-bond acceptors (Lipinski definition) is 5. The molecule has 0 aliphatic rings. The van der Waals surface area contributed by atoms with E-state index >= 15 is 0 Å². The summed E-state index contributed by atoms with van der Waals surface area (Å²) in [5.74, 6) is 1.65. The topological polar surface area (TPSA) is 75.6 Å². The maximum atomic E-state index is 9.38. The molecule has 2 heterocycles. The first-order valence-electron chi connectivity index (χ1n) is 20.9. The van der Waals surface area contributed by atoms with Gasteiger partial charge in [0.25, 0.3) is 0 Å². The molecule has 0 saturated carbocycles. The van der Waals surface area contributed by atoms with Crippen LogP contribution in [0.2, 0.25) is 0 Å². The van der Waals surface area contributed by atoms with Crippen molar-refractivity contribution in [2.45, 2.75) is 0 Å². The van der Waals surface area contributed by atoms with Gasteiger partial charge in [0.2, 0.25) is 0 Å². The average molecular weight is 805 g/mol. The average Bonchev–Trinajstić information content (AvgIpc) is 3.75. The Bertz CT molecular complexity index is 3500. The molecule has 0 spiro atoms. The van der Waals surface area contributed by atoms with E-state index < -0.39 is 0 Å². The van der Waals surface area contributed by atoms with Crippen molar-refractivity contribution < 1.29 is 4.42 Å². The van der Waals surface area contributed by atoms with Crippen LogP contribution in [-0.4, -0.2) is 15.0 Å². The Labute approximate surface area is 364 Å². The lowest BCUT2D eigenvalue weighted by molar-refractivity contribution is 0.669. The molecular weight excluding hydrogens is 769 g/mol. The van der Waals surface area contributed by atoms with Gasteiger partial charge in [-0.25, -0.2) is 15.0 Å². The van der Waals surface area contributed by atoms with E-state index in [1.54, 1.807) is 0 Å². The zero-order chi connectivity index (χ0) is 42.1. The monoisotopic (exact) mass is 804 g/mol. The minimum Gasteiger partial charge on any atom is -0.456 e. The second-order valence-electron chi connectivity index (χ2n) is 15.5. The summed E-state index contributed by atoms with van der Waals surface area (Å²) in [4.78, 5) is 15.3. The van der Waals surface area contributed by atoms with Crippen LogP contribution in [0.15, 0.2) is 223 Å². The van der Waals surface area contributed by atoms with Crippen LogP contribution in [0.1, 0.15) is 5.56 Å². The fourth-order valence-corrected chi connectivity index (χ4v) is 8.36. The van der Waals surface area contributed by atoms with Crippen LogP contribution >= 0.6 is 0 Å². The lowest BCUT2D eigenvalue weighted by Gasteiger charge is -2.11. The Morgan fingerprint density at radius 1 is 0.317 bits per heavy atom. The van der Waals surface area contributed by atoms with Crippen molar-refractivity contribution in [3.05, 3.63) is 224 Å². The Hall–Kier alpha value is -8.72. The number of furan rings is 1. The van der Waals surface area contributed by atoms with E-state index in [1.807, 2.05) is 60.7 Å². The molecule has 63 heavy (non-hydrogen) atoms. The first-order chi connectivity index (χ1) is 31.1. The molecular formula is C58H36N4O. The number of nitriles is 1. The van der Waals surface area contributed by atoms with E-state index in [-0.39, 0.29) is 0 Å². The molecule has 0 bridgehead atoms. The largest absolute Gasteiger partial charge is 0.456 e. The van der Waals surface area contributed by atoms with Gasteiger partial charge < -0.3 is 4.42 Å². The first kappa shape index (κ1) is 37.3. The Morgan fingerprint density at radius 3 is 1.32 bits per heavy atom. The molecule has 0 atom stereocenters. The molecule has 0 saturated heterocycles. The molecule has 11 aromatic rings. The van der Waals surface area contributed by atoms with E-state index in [1.165, 1.54) is 16.7 Å². The summed E-state index contributed by atoms with van der Waals surface area (Å²) in [5.41, 5.74) is 15.9. The highest BCUT2D eigenvalue weighted by molar-refractivity contribution is 6.13. The molecule has 0 unspecified atom stereocenters. The summed E-state index contributed by atoms with van der Waals surface area (Å²) in [6.45, 7) is 0. The Balaban J connectivity index is 1.00. The van der Waals surface area contributed by atoms with Gasteiger partial charge in [-0.15, -0.1) is 0 Å². The van der Waals surface area contributed by atoms with E-state index in [0.29, 0.717) is 23.0 Å². The van der Waals surface area contributed by atoms with Gasteiger partial charge in [0.15, 0.2) is 17.5 Å². The lowest BCUT2D eigenvalue weighted by atomic mass is 9.96. The van der Waals surface area contributed by atoms with Crippen LogP contribution in [-0.2, 0) is 0 Å². The third-order valence-corrected chi connectivity index (χ3v) is 11.6. The van der Waals surface area contributed by atoms with E-state index in [9.17, 15) is 5.26 Å². The standard InChI is InChI=1S/C58H36N4O/c59-37-38-23-25-41(26-24-38)47-18-9-20-49(35-47)57-60-56(43-29-27-42(28-30-43)45-16-7-15-44(33-45)39-11-3-1-4-12-39)61-58(62-57)50-31-32-52-54(36-50)63-53-22-10-21-51(55(52)53)48-19-8-17-46(34-48)40-13-5-2-6-14-40/h1-36H. The third kappa shape index (κ3) is 7.33. The molecule has 5 nitrogen and oxygen atoms in total. The highest BCUT2D eigenvalue weighted by Gasteiger charge is 2.18. The summed E-state index contributed by atoms with van der Waals surface area (Å²) in [6.07, 6.45) is 0. The summed E-state index contributed by atoms with van der Waals surface area (Å²) >= 11 is 0. The van der Waals surface area contributed by atoms with E-state index in [0.717, 1.165) is 77.6 Å². The van der Waals surface area contributed by atoms with Gasteiger partial charge in [-0.2, -0.15) is 5.26 Å². The number of hydrogen-bond donors (Lipinski definition) is 0. The minimum atomic E-state index is 0.538. The fourth-order valence-electron chi connectivity index (χ4n) is 8.36. The number of nitrogens with zero attached hydrogens (tertiary/aromatic N) is 4. The van der Waals surface area contributed by atoms with E-state index in [4.69, 9.17) is 19.4 Å². The lowest BCUT2D eigenvalue weighted by Crippen LogP contribution is -2.00. The molecule has 9 aromatic carbocycles. The van der Waals surface area contributed by atoms with Crippen LogP contribution in [0.3, 0.4) is 0 Å². The van der Waals surface area contributed by atoms with Crippen LogP contribution in [0.25, 0.3) is 112 Å². The Kier molecular flexibility index (Phi) is 9.50. The summed E-state index contributed by atoms with van der Waals surface area (Å²) in [5, 5.41) is 11.5. The molecule has 0 aliphatic carbocycles. The summed E-state index contributed by atoms with van der Waals surface area (Å²) in [7, 11) is 0. The predicted octanol–water partition coefficient (Wildman–Crippen LogP) is 15.0. The number of aromatic nitrogens is 3. The quantitative estimate of drug-likeness (QED) is 0.153. The highest BCUT2D eigenvalue weighted by Crippen LogP contribution is 2.39. The fraction of sp³-hybridized carbons (Fsp3) is 0. The second kappa shape index (κ2) is 16.0. The number of benzene rings is 9. The summed E-state index contributed by atoms with van der Waals surface area (Å²) in [6, 6.07) is 77.1. The van der Waals surface area contributed by atoms with Crippen molar-refractivity contribution in [2.24, 2.45) is 0 Å². The van der Waals surface area contributed by atoms with Crippen molar-refractivity contribution in [3.63, 3.8) is 0 Å². The van der Waals surface area contributed by atoms with Crippen LogP contribution in [0.4, 0.5) is 0 Å². The van der Waals surface area contributed by atoms with Crippen LogP contribution < -0.4 is 0 Å². The van der Waals surface area contributed by atoms with Crippen LogP contribution in [0.5, 0.6) is 0 Å². The molecule has 2 aromatic heterocycles. The summed E-state index contributed by atoms with van der Waals surface area (Å²) < 4.78 is 6.60. The molecule has 0 aliphatic heterocycles. The smallest absolute Gasteiger partial charge is 0.164 e. The van der Waals surface area contributed by atoms with Gasteiger partial charge in [0.05, 0.1) is 11.6 Å². The third-order valence-electron chi connectivity index (χ3n) is 11.6. The molecule has 5 heteroatoms. The normalized spacial score (nSPS) is 11.2. The second-order valence-corrected chi connectivity index (χ2v) is 15.5. The SMILES string of the molecule is N#Cc1ccc(-c2cccc(-c3nc(-c4ccc(-c5cccc(-c6ccccc6)c5)cc4)nc(-c4ccc5c(c4)oc4cccc(-c6cccc(-c7ccccc7)c6)c45)n3)c2)cc1. The van der Waals surface area contributed by atoms with Gasteiger partial charge in [0, 0.05) is 27.5 Å². The van der Waals surface area contributed by atoms with Gasteiger partial charge in [-0.05, 0) is 104 Å². The van der Waals surface area contributed by atoms with Crippen molar-refractivity contribution in [1.29, 1.82) is 5.26 Å². The maximum Gasteiger partial charge on any atom is 0.164 e. The van der Waals surface area contributed by atoms with Gasteiger partial charge >= 0.3 is 0 Å². The molecule has 11 rings (SSSR count). The van der Waals surface area contributed by atoms with Gasteiger partial charge in [-0.3, -0.25) is 0 Å². The Morgan fingerprint density at radius 2 is 0.730 bits per heavy atom. The van der Waals surface area contributed by atoms with Crippen molar-refractivity contribution in [3.8, 4) is 95.9 Å². The predicted molar refractivity (Wildman–Crippen MR) is 255 cm³/mol. The van der Waals surface area contributed by atoms with Crippen molar-refractivity contribution in [2.75, 3.05) is 0 Å². The minimum absolute atomic E-state index is 0.538. The molecule has 0 radical (unpaired) electrons. The first-order valence-corrected chi connectivity index (χ1v) is 20.9. The molecule has 0 amide bonds. The van der Waals surface area contributed by atoms with Crippen molar-refractivity contribution >= 4 is 21.9 Å². The maximum absolute atomic E-state index is 9.38. The molecule has 294 valence electrons. The zero-order valence-corrected chi connectivity index (χ0v) is 34.0. The molecule has 0 N–H and O–H groups in total. The van der Waals surface area contributed by atoms with Gasteiger partial charge in [0.1, 0.15) is 11.2 Å². The van der Waals surface area contributed by atoms with E-state index in [2.05, 4.69) is 164 Å². The van der Waals surface area contributed by atoms with Crippen molar-refractivity contribution in [1.82, 2.24) is 15.0 Å². The number of rotatable bonds is 8. The molecule has 0 fully saturated rings.